The molecule has 0 aliphatic rings. The van der Waals surface area contributed by atoms with Crippen molar-refractivity contribution in [2.24, 2.45) is 0 Å². The van der Waals surface area contributed by atoms with Gasteiger partial charge in [0.2, 0.25) is 0 Å². The Balaban J connectivity index is 1.43. The van der Waals surface area contributed by atoms with Crippen molar-refractivity contribution in [1.29, 1.82) is 0 Å². The van der Waals surface area contributed by atoms with Crippen molar-refractivity contribution in [2.75, 3.05) is 0 Å². The van der Waals surface area contributed by atoms with Crippen LogP contribution in [0.4, 0.5) is 0 Å². The molecule has 0 spiro atoms. The Morgan fingerprint density at radius 3 is 0.719 bits per heavy atom. The Kier molecular flexibility index (Phi) is 19.1. The molecule has 0 aliphatic heterocycles. The zero-order chi connectivity index (χ0) is 45.5. The molecule has 0 saturated carbocycles. The number of rotatable bonds is 22. The molecule has 0 bridgehead atoms. The molecule has 14 heteroatoms. The summed E-state index contributed by atoms with van der Waals surface area (Å²) in [6.45, 7) is 14.2. The topological polar surface area (TPSA) is 142 Å². The van der Waals surface area contributed by atoms with E-state index in [0.29, 0.717) is 45.3 Å². The Labute approximate surface area is 387 Å². The van der Waals surface area contributed by atoms with Gasteiger partial charge in [-0.05, 0) is 0 Å². The summed E-state index contributed by atoms with van der Waals surface area (Å²) in [4.78, 5) is 50.0. The van der Waals surface area contributed by atoms with Crippen LogP contribution in [-0.2, 0) is 18.9 Å². The summed E-state index contributed by atoms with van der Waals surface area (Å²) in [6.07, 6.45) is 16.9. The van der Waals surface area contributed by atoms with Crippen LogP contribution in [0.3, 0.4) is 0 Å². The first-order valence-electron chi connectivity index (χ1n) is 19.0. The molecule has 5 aromatic carbocycles. The van der Waals surface area contributed by atoms with Gasteiger partial charge in [0.25, 0.3) is 0 Å². The van der Waals surface area contributed by atoms with E-state index >= 15 is 0 Å². The van der Waals surface area contributed by atoms with E-state index in [0.717, 1.165) is 7.02 Å². The van der Waals surface area contributed by atoms with Crippen LogP contribution in [-0.4, -0.2) is 66.0 Å². The second kappa shape index (κ2) is 25.6. The maximum atomic E-state index is 12.5. The first kappa shape index (κ1) is 47.8. The summed E-state index contributed by atoms with van der Waals surface area (Å²) in [6, 6.07) is 33.4. The van der Waals surface area contributed by atoms with E-state index in [2.05, 4.69) is 26.3 Å². The second-order valence-corrected chi connectivity index (χ2v) is 20.3. The van der Waals surface area contributed by atoms with Gasteiger partial charge in [0.15, 0.2) is 0 Å². The molecule has 0 aliphatic carbocycles. The van der Waals surface area contributed by atoms with Crippen molar-refractivity contribution < 1.29 is 50.2 Å². The average molecular weight is 1080 g/mol. The second-order valence-electron chi connectivity index (χ2n) is 12.4. The third-order valence-electron chi connectivity index (χ3n) is 7.94. The molecule has 0 amide bonds. The first-order valence-corrected chi connectivity index (χ1v) is 25.7. The Bertz CT molecular complexity index is 2190. The summed E-state index contributed by atoms with van der Waals surface area (Å²) in [5.41, 5.74) is 1.23. The summed E-state index contributed by atoms with van der Waals surface area (Å²) in [7, 11) is 0. The molecule has 0 fully saturated rings. The average Bonchev–Trinajstić information content (AvgIpc) is 3.32. The van der Waals surface area contributed by atoms with Gasteiger partial charge in [-0.3, -0.25) is 0 Å². The quantitative estimate of drug-likeness (QED) is 0.0215. The minimum atomic E-state index is -3.44. The Hall–Kier alpha value is -7.26. The van der Waals surface area contributed by atoms with Gasteiger partial charge in [-0.15, -0.1) is 0 Å². The molecular weight excluding hydrogens is 1040 g/mol. The maximum absolute atomic E-state index is 12.5. The SMILES string of the molecule is C=CC=COC(=O)c1ccc([O][Sb]([O]c2ccc(C(=O)OC=CC=C)cc2)[c]2cc[c]([Sb]([O]c3ccc(C(=O)OC=CC=C)cc3)[O]c3ccc(C(=O)OC=CC=C)cc3)cc2)cc1. The zero-order valence-corrected chi connectivity index (χ0v) is 39.2. The number of allylic oxidation sites excluding steroid dienone is 8. The standard InChI is InChI=1S/4C11H10O3.C6H4.2Sb/c4*1-2-3-8-14-11(13)9-4-6-10(12)7-5-9;1-2-4-6-5-3-1;;/h4*2-8,12H,1H2;1-2,5-6H;;/q;;;;;2*+2/p-4. The zero-order valence-electron chi connectivity index (χ0n) is 34.1. The first-order chi connectivity index (χ1) is 31.2. The van der Waals surface area contributed by atoms with Crippen LogP contribution in [0.1, 0.15) is 41.4 Å². The number of esters is 4. The van der Waals surface area contributed by atoms with Gasteiger partial charge in [0.05, 0.1) is 0 Å². The summed E-state index contributed by atoms with van der Waals surface area (Å²) < 4.78 is 48.1. The molecule has 5 rings (SSSR count). The van der Waals surface area contributed by atoms with E-state index < -0.39 is 66.0 Å². The van der Waals surface area contributed by atoms with Crippen LogP contribution in [0, 0.1) is 0 Å². The van der Waals surface area contributed by atoms with Crippen LogP contribution in [0.15, 0.2) is 221 Å². The molecular formula is C50H40O12Sb2. The minimum absolute atomic E-state index is 0.309. The van der Waals surface area contributed by atoms with Gasteiger partial charge >= 0.3 is 390 Å². The Morgan fingerprint density at radius 1 is 0.328 bits per heavy atom. The molecule has 12 nitrogen and oxygen atoms in total. The van der Waals surface area contributed by atoms with Crippen LogP contribution < -0.4 is 19.1 Å². The number of hydrogen-bond donors (Lipinski definition) is 0. The van der Waals surface area contributed by atoms with Crippen LogP contribution in [0.25, 0.3) is 0 Å². The summed E-state index contributed by atoms with van der Waals surface area (Å²) >= 11 is -6.89. The predicted octanol–water partition coefficient (Wildman–Crippen LogP) is 8.82. The van der Waals surface area contributed by atoms with E-state index in [1.165, 1.54) is 73.7 Å². The number of benzene rings is 5. The van der Waals surface area contributed by atoms with E-state index in [-0.39, 0.29) is 0 Å². The molecule has 5 aromatic rings. The third kappa shape index (κ3) is 15.0. The van der Waals surface area contributed by atoms with Crippen molar-refractivity contribution in [1.82, 2.24) is 0 Å². The summed E-state index contributed by atoms with van der Waals surface area (Å²) in [5, 5.41) is 0. The van der Waals surface area contributed by atoms with Crippen LogP contribution >= 0.6 is 0 Å². The van der Waals surface area contributed by atoms with Gasteiger partial charge in [-0.1, -0.05) is 0 Å². The third-order valence-corrected chi connectivity index (χ3v) is 16.4. The van der Waals surface area contributed by atoms with E-state index in [4.69, 9.17) is 31.0 Å². The molecule has 0 aromatic heterocycles. The van der Waals surface area contributed by atoms with E-state index in [1.807, 2.05) is 24.3 Å². The normalized spacial score (nSPS) is 11.0. The van der Waals surface area contributed by atoms with E-state index in [1.54, 1.807) is 97.1 Å². The van der Waals surface area contributed by atoms with Crippen molar-refractivity contribution >= 4 is 73.0 Å². The molecule has 0 atom stereocenters. The molecule has 0 radical (unpaired) electrons. The van der Waals surface area contributed by atoms with Crippen LogP contribution in [0.2, 0.25) is 0 Å². The molecule has 0 N–H and O–H groups in total. The van der Waals surface area contributed by atoms with Gasteiger partial charge < -0.3 is 0 Å². The molecule has 64 heavy (non-hydrogen) atoms. The molecule has 0 unspecified atom stereocenters. The molecule has 322 valence electrons. The van der Waals surface area contributed by atoms with Gasteiger partial charge in [-0.2, -0.15) is 0 Å². The van der Waals surface area contributed by atoms with Crippen molar-refractivity contribution in [3.63, 3.8) is 0 Å². The van der Waals surface area contributed by atoms with Crippen molar-refractivity contribution in [3.05, 3.63) is 244 Å². The fourth-order valence-corrected chi connectivity index (χ4v) is 12.1. The Morgan fingerprint density at radius 2 is 0.531 bits per heavy atom. The number of hydrogen-bond acceptors (Lipinski definition) is 12. The molecule has 0 saturated heterocycles. The van der Waals surface area contributed by atoms with Gasteiger partial charge in [0.1, 0.15) is 0 Å². The van der Waals surface area contributed by atoms with Crippen molar-refractivity contribution in [2.45, 2.75) is 0 Å². The summed E-state index contributed by atoms with van der Waals surface area (Å²) in [5.74, 6) is -0.400. The predicted molar refractivity (Wildman–Crippen MR) is 245 cm³/mol. The fraction of sp³-hybridized carbons (Fsp3) is 0. The van der Waals surface area contributed by atoms with E-state index in [9.17, 15) is 19.2 Å². The van der Waals surface area contributed by atoms with Gasteiger partial charge in [-0.25, -0.2) is 0 Å². The fourth-order valence-electron chi connectivity index (χ4n) is 4.83. The van der Waals surface area contributed by atoms with Crippen LogP contribution in [0.5, 0.6) is 23.0 Å². The number of carbonyl (C=O) groups excluding carboxylic acids is 4. The molecule has 0 heterocycles. The monoisotopic (exact) mass is 1070 g/mol. The number of ether oxygens (including phenoxy) is 4. The van der Waals surface area contributed by atoms with Gasteiger partial charge in [0, 0.05) is 0 Å². The van der Waals surface area contributed by atoms with Crippen molar-refractivity contribution in [3.8, 4) is 23.0 Å². The number of carbonyl (C=O) groups is 4.